The van der Waals surface area contributed by atoms with Gasteiger partial charge in [0.2, 0.25) is 0 Å². The van der Waals surface area contributed by atoms with Crippen molar-refractivity contribution in [3.05, 3.63) is 28.8 Å². The molecule has 0 amide bonds. The van der Waals surface area contributed by atoms with Gasteiger partial charge < -0.3 is 10.5 Å². The Labute approximate surface area is 96.4 Å². The van der Waals surface area contributed by atoms with E-state index in [4.69, 9.17) is 22.1 Å². The van der Waals surface area contributed by atoms with Gasteiger partial charge in [-0.1, -0.05) is 31.4 Å². The van der Waals surface area contributed by atoms with Crippen molar-refractivity contribution in [1.29, 1.82) is 0 Å². The van der Waals surface area contributed by atoms with Gasteiger partial charge in [-0.05, 0) is 24.6 Å². The van der Waals surface area contributed by atoms with Crippen LogP contribution in [0.2, 0.25) is 5.02 Å². The standard InChI is InChI=1S/C12H18ClNO/c1-3-4-5-11(14)10-8-9(13)6-7-12(10)15-2/h6-8,11H,3-5,14H2,1-2H3/t11-/m0/s1. The number of ether oxygens (including phenoxy) is 1. The summed E-state index contributed by atoms with van der Waals surface area (Å²) in [5.41, 5.74) is 7.09. The maximum atomic E-state index is 6.09. The molecule has 15 heavy (non-hydrogen) atoms. The lowest BCUT2D eigenvalue weighted by atomic mass is 10.0. The van der Waals surface area contributed by atoms with Crippen LogP contribution < -0.4 is 10.5 Å². The summed E-state index contributed by atoms with van der Waals surface area (Å²) in [6.07, 6.45) is 3.24. The summed E-state index contributed by atoms with van der Waals surface area (Å²) in [5, 5.41) is 0.706. The first-order valence-corrected chi connectivity index (χ1v) is 5.65. The largest absolute Gasteiger partial charge is 0.496 e. The Morgan fingerprint density at radius 3 is 2.80 bits per heavy atom. The molecule has 1 atom stereocenters. The summed E-state index contributed by atoms with van der Waals surface area (Å²) in [7, 11) is 1.65. The second-order valence-corrected chi connectivity index (χ2v) is 4.07. The van der Waals surface area contributed by atoms with Gasteiger partial charge >= 0.3 is 0 Å². The normalized spacial score (nSPS) is 12.5. The Morgan fingerprint density at radius 1 is 1.47 bits per heavy atom. The Bertz CT molecular complexity index is 314. The summed E-state index contributed by atoms with van der Waals surface area (Å²) < 4.78 is 5.26. The maximum Gasteiger partial charge on any atom is 0.123 e. The highest BCUT2D eigenvalue weighted by Gasteiger charge is 2.11. The fourth-order valence-corrected chi connectivity index (χ4v) is 1.76. The number of hydrogen-bond donors (Lipinski definition) is 1. The number of unbranched alkanes of at least 4 members (excludes halogenated alkanes) is 1. The van der Waals surface area contributed by atoms with Gasteiger partial charge in [0.1, 0.15) is 5.75 Å². The monoisotopic (exact) mass is 227 g/mol. The number of methoxy groups -OCH3 is 1. The zero-order chi connectivity index (χ0) is 11.3. The molecule has 0 saturated carbocycles. The molecule has 0 bridgehead atoms. The van der Waals surface area contributed by atoms with Gasteiger partial charge in [-0.25, -0.2) is 0 Å². The molecule has 0 spiro atoms. The van der Waals surface area contributed by atoms with Gasteiger partial charge in [0.25, 0.3) is 0 Å². The van der Waals surface area contributed by atoms with Crippen molar-refractivity contribution in [2.24, 2.45) is 5.73 Å². The zero-order valence-corrected chi connectivity index (χ0v) is 10.1. The predicted molar refractivity (Wildman–Crippen MR) is 64.5 cm³/mol. The van der Waals surface area contributed by atoms with Crippen LogP contribution in [0, 0.1) is 0 Å². The molecule has 0 aliphatic heterocycles. The highest BCUT2D eigenvalue weighted by Crippen LogP contribution is 2.29. The van der Waals surface area contributed by atoms with Crippen LogP contribution in [0.4, 0.5) is 0 Å². The average Bonchev–Trinajstić information content (AvgIpc) is 2.25. The Kier molecular flexibility index (Phi) is 4.92. The van der Waals surface area contributed by atoms with Crippen LogP contribution in [-0.4, -0.2) is 7.11 Å². The average molecular weight is 228 g/mol. The van der Waals surface area contributed by atoms with E-state index in [0.717, 1.165) is 30.6 Å². The molecule has 1 aromatic carbocycles. The van der Waals surface area contributed by atoms with E-state index in [2.05, 4.69) is 6.92 Å². The number of hydrogen-bond acceptors (Lipinski definition) is 2. The summed E-state index contributed by atoms with van der Waals surface area (Å²) in [5.74, 6) is 0.822. The molecule has 2 nitrogen and oxygen atoms in total. The minimum Gasteiger partial charge on any atom is -0.496 e. The summed E-state index contributed by atoms with van der Waals surface area (Å²) in [6, 6.07) is 5.58. The van der Waals surface area contributed by atoms with Gasteiger partial charge in [-0.2, -0.15) is 0 Å². The van der Waals surface area contributed by atoms with Crippen molar-refractivity contribution >= 4 is 11.6 Å². The van der Waals surface area contributed by atoms with Crippen LogP contribution in [0.1, 0.15) is 37.8 Å². The Hall–Kier alpha value is -0.730. The third kappa shape index (κ3) is 3.40. The molecule has 0 fully saturated rings. The number of rotatable bonds is 5. The van der Waals surface area contributed by atoms with E-state index in [1.807, 2.05) is 18.2 Å². The first kappa shape index (κ1) is 12.3. The van der Waals surface area contributed by atoms with Crippen LogP contribution in [0.25, 0.3) is 0 Å². The molecule has 3 heteroatoms. The topological polar surface area (TPSA) is 35.2 Å². The van der Waals surface area contributed by atoms with Crippen molar-refractivity contribution in [1.82, 2.24) is 0 Å². The van der Waals surface area contributed by atoms with Gasteiger partial charge in [0, 0.05) is 16.6 Å². The molecule has 2 N–H and O–H groups in total. The lowest BCUT2D eigenvalue weighted by molar-refractivity contribution is 0.403. The van der Waals surface area contributed by atoms with E-state index in [1.54, 1.807) is 7.11 Å². The fraction of sp³-hybridized carbons (Fsp3) is 0.500. The lowest BCUT2D eigenvalue weighted by Crippen LogP contribution is -2.11. The highest BCUT2D eigenvalue weighted by molar-refractivity contribution is 6.30. The van der Waals surface area contributed by atoms with Crippen molar-refractivity contribution in [3.63, 3.8) is 0 Å². The minimum atomic E-state index is 0.0126. The smallest absolute Gasteiger partial charge is 0.123 e. The second kappa shape index (κ2) is 5.99. The summed E-state index contributed by atoms with van der Waals surface area (Å²) in [6.45, 7) is 2.15. The molecule has 84 valence electrons. The molecule has 0 radical (unpaired) electrons. The SMILES string of the molecule is CCCC[C@H](N)c1cc(Cl)ccc1OC. The number of nitrogens with two attached hydrogens (primary N) is 1. The van der Waals surface area contributed by atoms with E-state index >= 15 is 0 Å². The van der Waals surface area contributed by atoms with Crippen LogP contribution in [0.5, 0.6) is 5.75 Å². The highest BCUT2D eigenvalue weighted by atomic mass is 35.5. The van der Waals surface area contributed by atoms with E-state index in [9.17, 15) is 0 Å². The van der Waals surface area contributed by atoms with Gasteiger partial charge in [0.15, 0.2) is 0 Å². The van der Waals surface area contributed by atoms with Gasteiger partial charge in [0.05, 0.1) is 7.11 Å². The van der Waals surface area contributed by atoms with Crippen molar-refractivity contribution in [2.75, 3.05) is 7.11 Å². The van der Waals surface area contributed by atoms with Crippen LogP contribution >= 0.6 is 11.6 Å². The predicted octanol–water partition coefficient (Wildman–Crippen LogP) is 3.54. The molecule has 0 heterocycles. The fourth-order valence-electron chi connectivity index (χ4n) is 1.57. The zero-order valence-electron chi connectivity index (χ0n) is 9.29. The molecule has 0 aliphatic rings. The van der Waals surface area contributed by atoms with E-state index in [-0.39, 0.29) is 6.04 Å². The molecule has 0 aromatic heterocycles. The van der Waals surface area contributed by atoms with Gasteiger partial charge in [-0.15, -0.1) is 0 Å². The number of benzene rings is 1. The molecule has 0 aliphatic carbocycles. The summed E-state index contributed by atoms with van der Waals surface area (Å²) in [4.78, 5) is 0. The van der Waals surface area contributed by atoms with Crippen LogP contribution in [-0.2, 0) is 0 Å². The molecular formula is C12H18ClNO. The lowest BCUT2D eigenvalue weighted by Gasteiger charge is -2.15. The molecular weight excluding hydrogens is 210 g/mol. The minimum absolute atomic E-state index is 0.0126. The van der Waals surface area contributed by atoms with Crippen molar-refractivity contribution < 1.29 is 4.74 Å². The molecule has 0 unspecified atom stereocenters. The maximum absolute atomic E-state index is 6.09. The first-order chi connectivity index (χ1) is 7.19. The molecule has 1 aromatic rings. The third-order valence-corrected chi connectivity index (χ3v) is 2.69. The molecule has 0 saturated heterocycles. The quantitative estimate of drug-likeness (QED) is 0.835. The van der Waals surface area contributed by atoms with E-state index < -0.39 is 0 Å². The van der Waals surface area contributed by atoms with Crippen molar-refractivity contribution in [2.45, 2.75) is 32.2 Å². The van der Waals surface area contributed by atoms with Crippen molar-refractivity contribution in [3.8, 4) is 5.75 Å². The van der Waals surface area contributed by atoms with Gasteiger partial charge in [-0.3, -0.25) is 0 Å². The van der Waals surface area contributed by atoms with Crippen LogP contribution in [0.3, 0.4) is 0 Å². The summed E-state index contributed by atoms with van der Waals surface area (Å²) >= 11 is 5.94. The second-order valence-electron chi connectivity index (χ2n) is 3.63. The number of halogens is 1. The molecule has 1 rings (SSSR count). The Balaban J connectivity index is 2.85. The van der Waals surface area contributed by atoms with E-state index in [0.29, 0.717) is 5.02 Å². The van der Waals surface area contributed by atoms with Crippen LogP contribution in [0.15, 0.2) is 18.2 Å². The third-order valence-electron chi connectivity index (χ3n) is 2.46. The van der Waals surface area contributed by atoms with E-state index in [1.165, 1.54) is 0 Å². The Morgan fingerprint density at radius 2 is 2.20 bits per heavy atom. The first-order valence-electron chi connectivity index (χ1n) is 5.28.